The Bertz CT molecular complexity index is 301. The quantitative estimate of drug-likeness (QED) is 0.609. The minimum atomic E-state index is -0.222. The maximum atomic E-state index is 11.4. The molecule has 1 aromatic rings. The second-order valence-corrected chi connectivity index (χ2v) is 4.94. The number of hydrogen-bond acceptors (Lipinski definition) is 2. The molecule has 0 radical (unpaired) electrons. The summed E-state index contributed by atoms with van der Waals surface area (Å²) >= 11 is 6.55. The third-order valence-electron chi connectivity index (χ3n) is 1.84. The van der Waals surface area contributed by atoms with Crippen molar-refractivity contribution in [2.75, 3.05) is 5.33 Å². The van der Waals surface area contributed by atoms with E-state index in [0.29, 0.717) is 6.61 Å². The smallest absolute Gasteiger partial charge is 0.320 e. The molecule has 0 saturated carbocycles. The average Bonchev–Trinajstić information content (AvgIpc) is 2.27. The van der Waals surface area contributed by atoms with Gasteiger partial charge in [-0.05, 0) is 12.0 Å². The Morgan fingerprint density at radius 1 is 1.33 bits per heavy atom. The predicted octanol–water partition coefficient (Wildman–Crippen LogP) is 3.28. The number of halogens is 2. The summed E-state index contributed by atoms with van der Waals surface area (Å²) in [5.41, 5.74) is 1.00. The lowest BCUT2D eigenvalue weighted by atomic mass is 10.2. The normalized spacial score (nSPS) is 12.1. The number of esters is 1. The van der Waals surface area contributed by atoms with Crippen LogP contribution in [0.4, 0.5) is 0 Å². The van der Waals surface area contributed by atoms with Gasteiger partial charge < -0.3 is 4.74 Å². The van der Waals surface area contributed by atoms with Crippen LogP contribution in [-0.2, 0) is 16.1 Å². The maximum absolute atomic E-state index is 11.4. The van der Waals surface area contributed by atoms with Crippen molar-refractivity contribution in [3.8, 4) is 0 Å². The van der Waals surface area contributed by atoms with E-state index >= 15 is 0 Å². The molecule has 0 bridgehead atoms. The highest BCUT2D eigenvalue weighted by atomic mass is 79.9. The summed E-state index contributed by atoms with van der Waals surface area (Å²) in [4.78, 5) is 11.2. The summed E-state index contributed by atoms with van der Waals surface area (Å²) in [6, 6.07) is 9.64. The molecule has 0 aliphatic heterocycles. The molecular formula is C11H12Br2O2. The van der Waals surface area contributed by atoms with Crippen molar-refractivity contribution in [3.05, 3.63) is 35.9 Å². The van der Waals surface area contributed by atoms with Crippen molar-refractivity contribution in [1.29, 1.82) is 0 Å². The molecule has 0 aromatic heterocycles. The van der Waals surface area contributed by atoms with Crippen LogP contribution in [0.5, 0.6) is 0 Å². The fourth-order valence-corrected chi connectivity index (χ4v) is 2.47. The molecule has 15 heavy (non-hydrogen) atoms. The van der Waals surface area contributed by atoms with Crippen LogP contribution in [0, 0.1) is 0 Å². The van der Waals surface area contributed by atoms with Crippen LogP contribution in [0.1, 0.15) is 12.0 Å². The molecule has 0 fully saturated rings. The highest BCUT2D eigenvalue weighted by Crippen LogP contribution is 2.10. The van der Waals surface area contributed by atoms with Crippen molar-refractivity contribution in [2.45, 2.75) is 17.9 Å². The van der Waals surface area contributed by atoms with E-state index in [4.69, 9.17) is 4.74 Å². The third kappa shape index (κ3) is 4.80. The molecule has 82 valence electrons. The Labute approximate surface area is 106 Å². The summed E-state index contributed by atoms with van der Waals surface area (Å²) in [6.07, 6.45) is 0.730. The van der Waals surface area contributed by atoms with Gasteiger partial charge in [-0.15, -0.1) is 0 Å². The predicted molar refractivity (Wildman–Crippen MR) is 67.4 cm³/mol. The van der Waals surface area contributed by atoms with E-state index in [2.05, 4.69) is 31.9 Å². The molecule has 1 atom stereocenters. The number of ether oxygens (including phenoxy) is 1. The van der Waals surface area contributed by atoms with E-state index in [0.717, 1.165) is 17.3 Å². The van der Waals surface area contributed by atoms with Crippen molar-refractivity contribution >= 4 is 37.8 Å². The Hall–Kier alpha value is -0.350. The largest absolute Gasteiger partial charge is 0.460 e. The highest BCUT2D eigenvalue weighted by Gasteiger charge is 2.15. The van der Waals surface area contributed by atoms with Gasteiger partial charge in [0.15, 0.2) is 0 Å². The van der Waals surface area contributed by atoms with E-state index in [9.17, 15) is 4.79 Å². The second-order valence-electron chi connectivity index (χ2n) is 3.04. The fourth-order valence-electron chi connectivity index (χ4n) is 1.03. The van der Waals surface area contributed by atoms with Crippen LogP contribution in [0.3, 0.4) is 0 Å². The zero-order valence-corrected chi connectivity index (χ0v) is 11.3. The summed E-state index contributed by atoms with van der Waals surface area (Å²) in [5, 5.41) is 0.781. The molecule has 0 saturated heterocycles. The standard InChI is InChI=1S/C11H12Br2O2/c12-7-6-10(13)11(14)15-8-9-4-2-1-3-5-9/h1-5,10H,6-8H2/t10-/m1/s1. The Morgan fingerprint density at radius 2 is 2.00 bits per heavy atom. The fraction of sp³-hybridized carbons (Fsp3) is 0.364. The van der Waals surface area contributed by atoms with E-state index in [1.165, 1.54) is 0 Å². The summed E-state index contributed by atoms with van der Waals surface area (Å²) in [7, 11) is 0. The Kier molecular flexibility index (Phi) is 5.95. The van der Waals surface area contributed by atoms with Crippen molar-refractivity contribution in [2.24, 2.45) is 0 Å². The van der Waals surface area contributed by atoms with Gasteiger partial charge in [0.25, 0.3) is 0 Å². The van der Waals surface area contributed by atoms with Crippen LogP contribution < -0.4 is 0 Å². The lowest BCUT2D eigenvalue weighted by Gasteiger charge is -2.08. The number of rotatable bonds is 5. The molecule has 2 nitrogen and oxygen atoms in total. The first kappa shape index (κ1) is 12.7. The molecule has 4 heteroatoms. The topological polar surface area (TPSA) is 26.3 Å². The highest BCUT2D eigenvalue weighted by molar-refractivity contribution is 9.10. The number of hydrogen-bond donors (Lipinski definition) is 0. The van der Waals surface area contributed by atoms with E-state index < -0.39 is 0 Å². The van der Waals surface area contributed by atoms with E-state index in [1.54, 1.807) is 0 Å². The lowest BCUT2D eigenvalue weighted by molar-refractivity contribution is -0.144. The lowest BCUT2D eigenvalue weighted by Crippen LogP contribution is -2.17. The zero-order valence-electron chi connectivity index (χ0n) is 8.16. The van der Waals surface area contributed by atoms with Gasteiger partial charge in [-0.25, -0.2) is 0 Å². The summed E-state index contributed by atoms with van der Waals surface area (Å²) < 4.78 is 5.14. The summed E-state index contributed by atoms with van der Waals surface area (Å²) in [6.45, 7) is 0.337. The molecular weight excluding hydrogens is 324 g/mol. The molecule has 0 amide bonds. The van der Waals surface area contributed by atoms with Gasteiger partial charge in [0.2, 0.25) is 0 Å². The molecule has 0 heterocycles. The zero-order chi connectivity index (χ0) is 11.1. The monoisotopic (exact) mass is 334 g/mol. The third-order valence-corrected chi connectivity index (χ3v) is 3.13. The molecule has 1 aromatic carbocycles. The summed E-state index contributed by atoms with van der Waals surface area (Å²) in [5.74, 6) is -0.210. The Morgan fingerprint density at radius 3 is 2.60 bits per heavy atom. The van der Waals surface area contributed by atoms with Gasteiger partial charge in [-0.1, -0.05) is 62.2 Å². The number of carbonyl (C=O) groups is 1. The Balaban J connectivity index is 2.34. The molecule has 0 spiro atoms. The molecule has 0 N–H and O–H groups in total. The van der Waals surface area contributed by atoms with E-state index in [1.807, 2.05) is 30.3 Å². The van der Waals surface area contributed by atoms with Crippen molar-refractivity contribution in [1.82, 2.24) is 0 Å². The van der Waals surface area contributed by atoms with E-state index in [-0.39, 0.29) is 10.8 Å². The number of benzene rings is 1. The van der Waals surface area contributed by atoms with Gasteiger partial charge in [0, 0.05) is 5.33 Å². The minimum absolute atomic E-state index is 0.210. The van der Waals surface area contributed by atoms with Gasteiger partial charge >= 0.3 is 5.97 Å². The first-order valence-electron chi connectivity index (χ1n) is 4.64. The van der Waals surface area contributed by atoms with Gasteiger partial charge in [0.1, 0.15) is 11.4 Å². The van der Waals surface area contributed by atoms with Crippen molar-refractivity contribution < 1.29 is 9.53 Å². The van der Waals surface area contributed by atoms with Crippen molar-refractivity contribution in [3.63, 3.8) is 0 Å². The van der Waals surface area contributed by atoms with Crippen LogP contribution in [0.25, 0.3) is 0 Å². The second kappa shape index (κ2) is 7.01. The van der Waals surface area contributed by atoms with Crippen LogP contribution in [-0.4, -0.2) is 16.1 Å². The first-order chi connectivity index (χ1) is 7.24. The molecule has 0 aliphatic carbocycles. The van der Waals surface area contributed by atoms with Crippen LogP contribution >= 0.6 is 31.9 Å². The molecule has 0 aliphatic rings. The van der Waals surface area contributed by atoms with Crippen LogP contribution in [0.2, 0.25) is 0 Å². The van der Waals surface area contributed by atoms with Gasteiger partial charge in [0.05, 0.1) is 0 Å². The van der Waals surface area contributed by atoms with Crippen LogP contribution in [0.15, 0.2) is 30.3 Å². The van der Waals surface area contributed by atoms with Gasteiger partial charge in [-0.2, -0.15) is 0 Å². The molecule has 0 unspecified atom stereocenters. The SMILES string of the molecule is O=C(OCc1ccccc1)[C@H](Br)CCBr. The number of alkyl halides is 2. The minimum Gasteiger partial charge on any atom is -0.460 e. The molecule has 1 rings (SSSR count). The first-order valence-corrected chi connectivity index (χ1v) is 6.68. The maximum Gasteiger partial charge on any atom is 0.320 e. The van der Waals surface area contributed by atoms with Gasteiger partial charge in [-0.3, -0.25) is 4.79 Å². The number of carbonyl (C=O) groups excluding carboxylic acids is 1. The average molecular weight is 336 g/mol.